The number of amides is 3. The van der Waals surface area contributed by atoms with Crippen LogP contribution in [0.4, 0.5) is 5.13 Å². The zero-order chi connectivity index (χ0) is 23.0. The molecule has 0 aliphatic heterocycles. The molecule has 0 aliphatic rings. The number of benzene rings is 1. The number of nitrogens with two attached hydrogens (primary N) is 1. The minimum Gasteiger partial charge on any atom is -0.508 e. The number of phenolic OH excluding ortho intramolecular Hbond substituents is 1. The number of hydrogen-bond acceptors (Lipinski definition) is 8. The molecule has 11 heteroatoms. The van der Waals surface area contributed by atoms with Crippen molar-refractivity contribution in [3.63, 3.8) is 0 Å². The Kier molecular flexibility index (Phi) is 8.76. The third-order valence-corrected chi connectivity index (χ3v) is 5.33. The molecule has 2 unspecified atom stereocenters. The lowest BCUT2D eigenvalue weighted by molar-refractivity contribution is -0.129. The fourth-order valence-corrected chi connectivity index (χ4v) is 3.44. The second-order valence-corrected chi connectivity index (χ2v) is 8.38. The van der Waals surface area contributed by atoms with Gasteiger partial charge in [-0.05, 0) is 23.6 Å². The number of aliphatic hydroxyl groups excluding tert-OH is 1. The lowest BCUT2D eigenvalue weighted by atomic mass is 10.0. The molecule has 1 aromatic heterocycles. The molecule has 2 rings (SSSR count). The van der Waals surface area contributed by atoms with E-state index < -0.39 is 29.8 Å². The number of primary amides is 1. The summed E-state index contributed by atoms with van der Waals surface area (Å²) >= 11 is 1.24. The fraction of sp³-hybridized carbons (Fsp3) is 0.400. The predicted molar refractivity (Wildman–Crippen MR) is 116 cm³/mol. The fourth-order valence-electron chi connectivity index (χ4n) is 2.73. The first-order valence-corrected chi connectivity index (χ1v) is 10.5. The van der Waals surface area contributed by atoms with E-state index in [1.807, 2.05) is 13.8 Å². The maximum absolute atomic E-state index is 12.6. The van der Waals surface area contributed by atoms with Crippen LogP contribution in [0.2, 0.25) is 0 Å². The van der Waals surface area contributed by atoms with E-state index in [4.69, 9.17) is 10.8 Å². The molecule has 1 aromatic carbocycles. The van der Waals surface area contributed by atoms with Crippen molar-refractivity contribution in [2.75, 3.05) is 11.9 Å². The minimum absolute atomic E-state index is 0.0878. The van der Waals surface area contributed by atoms with Gasteiger partial charge in [-0.25, -0.2) is 4.98 Å². The summed E-state index contributed by atoms with van der Waals surface area (Å²) in [6.07, 6.45) is 1.68. The molecular weight excluding hydrogens is 422 g/mol. The molecule has 1 heterocycles. The van der Waals surface area contributed by atoms with Crippen LogP contribution in [0.15, 0.2) is 30.5 Å². The number of rotatable bonds is 11. The van der Waals surface area contributed by atoms with Crippen LogP contribution in [-0.4, -0.2) is 51.5 Å². The van der Waals surface area contributed by atoms with Crippen molar-refractivity contribution >= 4 is 34.2 Å². The number of carbonyl (C=O) groups excluding carboxylic acids is 3. The second kappa shape index (κ2) is 11.3. The number of carbonyl (C=O) groups is 3. The Labute approximate surface area is 183 Å². The first kappa shape index (κ1) is 24.1. The Morgan fingerprint density at radius 3 is 2.42 bits per heavy atom. The average molecular weight is 450 g/mol. The Hall–Kier alpha value is -3.18. The molecule has 0 aliphatic carbocycles. The molecule has 2 aromatic rings. The van der Waals surface area contributed by atoms with Gasteiger partial charge in [0.15, 0.2) is 5.13 Å². The topological polar surface area (TPSA) is 167 Å². The van der Waals surface area contributed by atoms with Crippen molar-refractivity contribution in [2.45, 2.75) is 39.0 Å². The van der Waals surface area contributed by atoms with Gasteiger partial charge in [-0.2, -0.15) is 0 Å². The first-order valence-electron chi connectivity index (χ1n) is 9.66. The summed E-state index contributed by atoms with van der Waals surface area (Å²) in [4.78, 5) is 41.3. The second-order valence-electron chi connectivity index (χ2n) is 7.27. The molecule has 0 saturated heterocycles. The van der Waals surface area contributed by atoms with Gasteiger partial charge in [-0.1, -0.05) is 37.3 Å². The predicted octanol–water partition coefficient (Wildman–Crippen LogP) is 0.107. The van der Waals surface area contributed by atoms with Gasteiger partial charge < -0.3 is 31.9 Å². The van der Waals surface area contributed by atoms with E-state index in [0.29, 0.717) is 15.6 Å². The number of aliphatic hydroxyl groups is 1. The minimum atomic E-state index is -0.958. The van der Waals surface area contributed by atoms with E-state index in [-0.39, 0.29) is 31.2 Å². The number of phenols is 1. The summed E-state index contributed by atoms with van der Waals surface area (Å²) in [5.41, 5.74) is 6.09. The van der Waals surface area contributed by atoms with E-state index in [1.54, 1.807) is 12.1 Å². The van der Waals surface area contributed by atoms with Gasteiger partial charge in [0, 0.05) is 12.6 Å². The van der Waals surface area contributed by atoms with Crippen LogP contribution in [0.1, 0.15) is 24.3 Å². The normalized spacial score (nSPS) is 12.8. The van der Waals surface area contributed by atoms with E-state index in [9.17, 15) is 19.5 Å². The summed E-state index contributed by atoms with van der Waals surface area (Å²) in [6, 6.07) is 4.59. The third kappa shape index (κ3) is 7.54. The Morgan fingerprint density at radius 1 is 1.19 bits per heavy atom. The molecule has 0 spiro atoms. The number of nitrogens with zero attached hydrogens (tertiary/aromatic N) is 1. The number of hydrogen-bond donors (Lipinski definition) is 6. The molecule has 2 atom stereocenters. The first-order chi connectivity index (χ1) is 14.7. The molecule has 10 nitrogen and oxygen atoms in total. The van der Waals surface area contributed by atoms with Crippen LogP contribution in [0.5, 0.6) is 5.75 Å². The van der Waals surface area contributed by atoms with Gasteiger partial charge in [0.05, 0.1) is 18.0 Å². The van der Waals surface area contributed by atoms with Crippen LogP contribution in [0.25, 0.3) is 0 Å². The molecule has 0 fully saturated rings. The van der Waals surface area contributed by atoms with E-state index in [2.05, 4.69) is 20.9 Å². The van der Waals surface area contributed by atoms with Crippen molar-refractivity contribution < 1.29 is 24.6 Å². The molecule has 0 radical (unpaired) electrons. The van der Waals surface area contributed by atoms with Crippen molar-refractivity contribution in [1.29, 1.82) is 0 Å². The third-order valence-electron chi connectivity index (χ3n) is 4.42. The smallest absolute Gasteiger partial charge is 0.243 e. The summed E-state index contributed by atoms with van der Waals surface area (Å²) in [6.45, 7) is 3.23. The van der Waals surface area contributed by atoms with Crippen molar-refractivity contribution in [3.05, 3.63) is 40.9 Å². The summed E-state index contributed by atoms with van der Waals surface area (Å²) < 4.78 is 0. The molecule has 0 bridgehead atoms. The molecule has 168 valence electrons. The van der Waals surface area contributed by atoms with E-state index in [1.165, 1.54) is 29.7 Å². The maximum atomic E-state index is 12.6. The Morgan fingerprint density at radius 2 is 1.87 bits per heavy atom. The molecule has 0 saturated carbocycles. The van der Waals surface area contributed by atoms with Crippen molar-refractivity contribution in [1.82, 2.24) is 15.6 Å². The molecule has 7 N–H and O–H groups in total. The van der Waals surface area contributed by atoms with Gasteiger partial charge in [0.25, 0.3) is 0 Å². The summed E-state index contributed by atoms with van der Waals surface area (Å²) in [5, 5.41) is 27.0. The zero-order valence-electron chi connectivity index (χ0n) is 17.3. The summed E-state index contributed by atoms with van der Waals surface area (Å²) in [5.74, 6) is -1.68. The van der Waals surface area contributed by atoms with Crippen LogP contribution in [-0.2, 0) is 27.4 Å². The Balaban J connectivity index is 1.90. The number of aromatic nitrogens is 1. The number of aromatic hydroxyl groups is 1. The van der Waals surface area contributed by atoms with Crippen LogP contribution >= 0.6 is 11.3 Å². The lowest BCUT2D eigenvalue weighted by Gasteiger charge is -2.21. The SMILES string of the molecule is CC(C)C(Nc1ncc(CO)s1)C(=O)NCC(=O)NC(Cc1ccc(O)cc1)C(N)=O. The molecule has 3 amide bonds. The number of thiazole rings is 1. The maximum Gasteiger partial charge on any atom is 0.243 e. The molecular formula is C20H27N5O5S. The van der Waals surface area contributed by atoms with Gasteiger partial charge in [0.2, 0.25) is 17.7 Å². The number of nitrogens with one attached hydrogen (secondary N) is 3. The standard InChI is InChI=1S/C20H27N5O5S/c1-11(2)17(25-20-23-8-14(10-26)31-20)19(30)22-9-16(28)24-15(18(21)29)7-12-3-5-13(27)6-4-12/h3-6,8,11,15,17,26-27H,7,9-10H2,1-2H3,(H2,21,29)(H,22,30)(H,23,25)(H,24,28). The highest BCUT2D eigenvalue weighted by Crippen LogP contribution is 2.20. The van der Waals surface area contributed by atoms with Crippen LogP contribution in [0, 0.1) is 5.92 Å². The van der Waals surface area contributed by atoms with Crippen LogP contribution in [0.3, 0.4) is 0 Å². The quantitative estimate of drug-likeness (QED) is 0.283. The van der Waals surface area contributed by atoms with Crippen LogP contribution < -0.4 is 21.7 Å². The van der Waals surface area contributed by atoms with Gasteiger partial charge in [-0.15, -0.1) is 0 Å². The number of anilines is 1. The monoisotopic (exact) mass is 449 g/mol. The Bertz CT molecular complexity index is 900. The zero-order valence-corrected chi connectivity index (χ0v) is 18.1. The van der Waals surface area contributed by atoms with E-state index in [0.717, 1.165) is 0 Å². The van der Waals surface area contributed by atoms with E-state index >= 15 is 0 Å². The molecule has 31 heavy (non-hydrogen) atoms. The largest absolute Gasteiger partial charge is 0.508 e. The van der Waals surface area contributed by atoms with Gasteiger partial charge in [-0.3, -0.25) is 14.4 Å². The van der Waals surface area contributed by atoms with Gasteiger partial charge in [0.1, 0.15) is 17.8 Å². The van der Waals surface area contributed by atoms with Crippen molar-refractivity contribution in [3.8, 4) is 5.75 Å². The lowest BCUT2D eigenvalue weighted by Crippen LogP contribution is -2.51. The highest BCUT2D eigenvalue weighted by molar-refractivity contribution is 7.15. The highest BCUT2D eigenvalue weighted by atomic mass is 32.1. The summed E-state index contributed by atoms with van der Waals surface area (Å²) in [7, 11) is 0. The average Bonchev–Trinajstić information content (AvgIpc) is 3.19. The van der Waals surface area contributed by atoms with Gasteiger partial charge >= 0.3 is 0 Å². The highest BCUT2D eigenvalue weighted by Gasteiger charge is 2.24. The van der Waals surface area contributed by atoms with Crippen molar-refractivity contribution in [2.24, 2.45) is 11.7 Å².